The molecule has 0 fully saturated rings. The summed E-state index contributed by atoms with van der Waals surface area (Å²) in [7, 11) is 1.89. The number of aromatic nitrogens is 4. The minimum Gasteiger partial charge on any atom is -0.370 e. The van der Waals surface area contributed by atoms with Crippen molar-refractivity contribution in [2.24, 2.45) is 12.8 Å². The predicted octanol–water partition coefficient (Wildman–Crippen LogP) is 2.46. The molecule has 21 heavy (non-hydrogen) atoms. The van der Waals surface area contributed by atoms with Gasteiger partial charge in [0.05, 0.1) is 11.1 Å². The molecule has 2 atom stereocenters. The predicted molar refractivity (Wildman–Crippen MR) is 83.3 cm³/mol. The van der Waals surface area contributed by atoms with E-state index < -0.39 is 0 Å². The van der Waals surface area contributed by atoms with Gasteiger partial charge in [-0.05, 0) is 20.3 Å². The highest BCUT2D eigenvalue weighted by molar-refractivity contribution is 6.20. The molecule has 0 aliphatic heterocycles. The zero-order chi connectivity index (χ0) is 15.7. The highest BCUT2D eigenvalue weighted by atomic mass is 35.5. The Bertz CT molecular complexity index is 658. The number of imidazole rings is 1. The molecule has 0 radical (unpaired) electrons. The lowest BCUT2D eigenvalue weighted by molar-refractivity contribution is -0.118. The first-order valence-electron chi connectivity index (χ1n) is 7.22. The van der Waals surface area contributed by atoms with Crippen molar-refractivity contribution in [3.63, 3.8) is 0 Å². The fourth-order valence-corrected chi connectivity index (χ4v) is 2.88. The summed E-state index contributed by atoms with van der Waals surface area (Å²) >= 11 is 6.27. The Morgan fingerprint density at radius 3 is 2.62 bits per heavy atom. The van der Waals surface area contributed by atoms with Crippen molar-refractivity contribution >= 4 is 28.7 Å². The molecule has 2 unspecified atom stereocenters. The first kappa shape index (κ1) is 15.8. The number of halogens is 1. The topological polar surface area (TPSA) is 78.7 Å². The average Bonchev–Trinajstić information content (AvgIpc) is 2.88. The fourth-order valence-electron chi connectivity index (χ4n) is 2.72. The van der Waals surface area contributed by atoms with E-state index in [4.69, 9.17) is 17.3 Å². The highest BCUT2D eigenvalue weighted by Crippen LogP contribution is 2.30. The maximum Gasteiger partial charge on any atom is 0.219 e. The van der Waals surface area contributed by atoms with Crippen LogP contribution in [0.1, 0.15) is 56.6 Å². The van der Waals surface area contributed by atoms with Crippen LogP contribution in [0.2, 0.25) is 0 Å². The molecule has 7 heteroatoms. The normalized spacial score (nSPS) is 14.5. The molecular formula is C14H22ClN5O. The molecule has 0 bridgehead atoms. The molecule has 2 aromatic rings. The Labute approximate surface area is 129 Å². The summed E-state index contributed by atoms with van der Waals surface area (Å²) in [5.41, 5.74) is 8.07. The SMILES string of the molecule is CCCc1nn(C)c2c1nc(C(C)Cl)n2C(C)CC(N)=O. The van der Waals surface area contributed by atoms with E-state index in [1.165, 1.54) is 0 Å². The monoisotopic (exact) mass is 311 g/mol. The molecular weight excluding hydrogens is 290 g/mol. The van der Waals surface area contributed by atoms with E-state index in [2.05, 4.69) is 17.0 Å². The van der Waals surface area contributed by atoms with E-state index in [0.717, 1.165) is 35.5 Å². The van der Waals surface area contributed by atoms with Gasteiger partial charge >= 0.3 is 0 Å². The van der Waals surface area contributed by atoms with E-state index in [1.54, 1.807) is 0 Å². The van der Waals surface area contributed by atoms with Crippen molar-refractivity contribution in [1.82, 2.24) is 19.3 Å². The number of amides is 1. The van der Waals surface area contributed by atoms with Crippen LogP contribution in [0.15, 0.2) is 0 Å². The van der Waals surface area contributed by atoms with E-state index >= 15 is 0 Å². The number of hydrogen-bond acceptors (Lipinski definition) is 3. The maximum atomic E-state index is 11.2. The van der Waals surface area contributed by atoms with Crippen molar-refractivity contribution in [2.45, 2.75) is 51.5 Å². The lowest BCUT2D eigenvalue weighted by Gasteiger charge is -2.17. The molecule has 0 saturated heterocycles. The largest absolute Gasteiger partial charge is 0.370 e. The van der Waals surface area contributed by atoms with Crippen LogP contribution in [0.5, 0.6) is 0 Å². The van der Waals surface area contributed by atoms with Crippen LogP contribution in [-0.4, -0.2) is 25.2 Å². The Kier molecular flexibility index (Phi) is 4.56. The molecule has 1 amide bonds. The number of aryl methyl sites for hydroxylation is 2. The molecule has 2 heterocycles. The zero-order valence-corrected chi connectivity index (χ0v) is 13.7. The Morgan fingerprint density at radius 2 is 2.10 bits per heavy atom. The first-order valence-corrected chi connectivity index (χ1v) is 7.66. The van der Waals surface area contributed by atoms with E-state index in [1.807, 2.05) is 30.1 Å². The van der Waals surface area contributed by atoms with Crippen molar-refractivity contribution in [3.8, 4) is 0 Å². The summed E-state index contributed by atoms with van der Waals surface area (Å²) in [6.07, 6.45) is 2.12. The van der Waals surface area contributed by atoms with Crippen molar-refractivity contribution in [2.75, 3.05) is 0 Å². The molecule has 6 nitrogen and oxygen atoms in total. The maximum absolute atomic E-state index is 11.2. The van der Waals surface area contributed by atoms with Crippen LogP contribution in [0.4, 0.5) is 0 Å². The van der Waals surface area contributed by atoms with E-state index in [9.17, 15) is 4.79 Å². The summed E-state index contributed by atoms with van der Waals surface area (Å²) < 4.78 is 3.80. The van der Waals surface area contributed by atoms with Gasteiger partial charge in [-0.1, -0.05) is 13.3 Å². The standard InChI is InChI=1S/C14H22ClN5O/c1-5-6-10-12-14(19(4)18-10)20(8(2)7-11(16)21)13(17-12)9(3)15/h8-9H,5-7H2,1-4H3,(H2,16,21). The molecule has 2 aromatic heterocycles. The van der Waals surface area contributed by atoms with Gasteiger partial charge in [-0.25, -0.2) is 4.98 Å². The second-order valence-electron chi connectivity index (χ2n) is 5.47. The second-order valence-corrected chi connectivity index (χ2v) is 6.12. The number of nitrogens with zero attached hydrogens (tertiary/aromatic N) is 4. The number of fused-ring (bicyclic) bond motifs is 1. The summed E-state index contributed by atoms with van der Waals surface area (Å²) in [5.74, 6) is 0.416. The highest BCUT2D eigenvalue weighted by Gasteiger charge is 2.24. The van der Waals surface area contributed by atoms with Gasteiger partial charge in [-0.2, -0.15) is 5.10 Å². The third-order valence-corrected chi connectivity index (χ3v) is 3.74. The number of rotatable bonds is 6. The minimum absolute atomic E-state index is 0.103. The molecule has 0 aromatic carbocycles. The van der Waals surface area contributed by atoms with Crippen molar-refractivity contribution in [3.05, 3.63) is 11.5 Å². The Hall–Kier alpha value is -1.56. The molecule has 0 saturated carbocycles. The third-order valence-electron chi connectivity index (χ3n) is 3.54. The van der Waals surface area contributed by atoms with Gasteiger partial charge in [-0.3, -0.25) is 9.48 Å². The second kappa shape index (κ2) is 6.05. The first-order chi connectivity index (χ1) is 9.86. The van der Waals surface area contributed by atoms with Gasteiger partial charge in [0.15, 0.2) is 5.65 Å². The summed E-state index contributed by atoms with van der Waals surface area (Å²) in [6, 6.07) is -0.103. The molecule has 2 N–H and O–H groups in total. The van der Waals surface area contributed by atoms with Gasteiger partial charge in [0.1, 0.15) is 11.3 Å². The molecule has 0 aliphatic rings. The number of primary amides is 1. The van der Waals surface area contributed by atoms with E-state index in [0.29, 0.717) is 0 Å². The number of carbonyl (C=O) groups is 1. The average molecular weight is 312 g/mol. The van der Waals surface area contributed by atoms with Crippen molar-refractivity contribution < 1.29 is 4.79 Å². The van der Waals surface area contributed by atoms with Gasteiger partial charge in [0, 0.05) is 19.5 Å². The van der Waals surface area contributed by atoms with Gasteiger partial charge in [0.25, 0.3) is 0 Å². The summed E-state index contributed by atoms with van der Waals surface area (Å²) in [5, 5.41) is 4.29. The lowest BCUT2D eigenvalue weighted by Crippen LogP contribution is -2.20. The van der Waals surface area contributed by atoms with Gasteiger partial charge in [0.2, 0.25) is 5.91 Å². The van der Waals surface area contributed by atoms with Crippen LogP contribution in [0, 0.1) is 0 Å². The smallest absolute Gasteiger partial charge is 0.219 e. The molecule has 0 spiro atoms. The zero-order valence-electron chi connectivity index (χ0n) is 12.9. The van der Waals surface area contributed by atoms with E-state index in [-0.39, 0.29) is 23.7 Å². The fraction of sp³-hybridized carbons (Fsp3) is 0.643. The Balaban J connectivity index is 2.64. The van der Waals surface area contributed by atoms with Crippen LogP contribution in [0.25, 0.3) is 11.2 Å². The molecule has 2 rings (SSSR count). The quantitative estimate of drug-likeness (QED) is 0.832. The lowest BCUT2D eigenvalue weighted by atomic mass is 10.2. The van der Waals surface area contributed by atoms with Crippen LogP contribution < -0.4 is 5.73 Å². The number of hydrogen-bond donors (Lipinski definition) is 1. The summed E-state index contributed by atoms with van der Waals surface area (Å²) in [4.78, 5) is 15.9. The number of carbonyl (C=O) groups excluding carboxylic acids is 1. The molecule has 0 aliphatic carbocycles. The minimum atomic E-state index is -0.339. The van der Waals surface area contributed by atoms with Crippen LogP contribution in [-0.2, 0) is 18.3 Å². The Morgan fingerprint density at radius 1 is 1.43 bits per heavy atom. The van der Waals surface area contributed by atoms with Gasteiger partial charge < -0.3 is 10.3 Å². The number of alkyl halides is 1. The van der Waals surface area contributed by atoms with Crippen molar-refractivity contribution in [1.29, 1.82) is 0 Å². The number of nitrogens with two attached hydrogens (primary N) is 1. The third kappa shape index (κ3) is 2.90. The van der Waals surface area contributed by atoms with Crippen LogP contribution in [0.3, 0.4) is 0 Å². The summed E-state index contributed by atoms with van der Waals surface area (Å²) in [6.45, 7) is 5.93. The van der Waals surface area contributed by atoms with Crippen LogP contribution >= 0.6 is 11.6 Å². The van der Waals surface area contributed by atoms with Gasteiger partial charge in [-0.15, -0.1) is 11.6 Å². The molecule has 116 valence electrons.